The molecule has 0 aromatic carbocycles. The summed E-state index contributed by atoms with van der Waals surface area (Å²) in [5.41, 5.74) is -0.119. The molecule has 0 radical (unpaired) electrons. The Morgan fingerprint density at radius 2 is 2.50 bits per heavy atom. The van der Waals surface area contributed by atoms with Crippen LogP contribution in [-0.4, -0.2) is 34.7 Å². The molecule has 1 unspecified atom stereocenters. The maximum atomic E-state index is 10.4. The summed E-state index contributed by atoms with van der Waals surface area (Å²) < 4.78 is 5.41. The first-order valence-corrected chi connectivity index (χ1v) is 4.70. The van der Waals surface area contributed by atoms with Crippen molar-refractivity contribution in [3.8, 4) is 0 Å². The van der Waals surface area contributed by atoms with E-state index in [-0.39, 0.29) is 11.2 Å². The van der Waals surface area contributed by atoms with Crippen molar-refractivity contribution in [1.29, 1.82) is 0 Å². The van der Waals surface area contributed by atoms with E-state index >= 15 is 0 Å². The van der Waals surface area contributed by atoms with E-state index in [1.54, 1.807) is 0 Å². The lowest BCUT2D eigenvalue weighted by molar-refractivity contribution is 0.0385. The van der Waals surface area contributed by atoms with Crippen molar-refractivity contribution in [3.63, 3.8) is 0 Å². The second-order valence-electron chi connectivity index (χ2n) is 3.88. The number of hydrogen-bond acceptors (Lipinski definition) is 4. The highest BCUT2D eigenvalue weighted by atomic mass is 16.5. The lowest BCUT2D eigenvalue weighted by Crippen LogP contribution is -2.34. The number of ether oxygens (including phenoxy) is 1. The number of hydrogen-bond donors (Lipinski definition) is 1. The maximum absolute atomic E-state index is 10.4. The van der Waals surface area contributed by atoms with Gasteiger partial charge in [0.05, 0.1) is 12.0 Å². The average molecular weight is 195 g/mol. The summed E-state index contributed by atoms with van der Waals surface area (Å²) in [5.74, 6) is 0.964. The number of carbonyl (C=O) groups excluding carboxylic acids is 1. The molecule has 0 saturated carbocycles. The van der Waals surface area contributed by atoms with Crippen molar-refractivity contribution in [1.82, 2.24) is 15.2 Å². The average Bonchev–Trinajstić information content (AvgIpc) is 2.67. The maximum Gasteiger partial charge on any atom is 0.214 e. The largest absolute Gasteiger partial charge is 0.380 e. The first kappa shape index (κ1) is 9.33. The Balaban J connectivity index is 2.23. The molecule has 5 nitrogen and oxygen atoms in total. The molecule has 1 saturated heterocycles. The third kappa shape index (κ3) is 1.55. The van der Waals surface area contributed by atoms with Crippen molar-refractivity contribution in [2.24, 2.45) is 0 Å². The summed E-state index contributed by atoms with van der Waals surface area (Å²) in [6, 6.07) is 0. The molecule has 76 valence electrons. The van der Waals surface area contributed by atoms with Crippen LogP contribution >= 0.6 is 0 Å². The monoisotopic (exact) mass is 195 g/mol. The molecule has 1 atom stereocenters. The number of rotatable bonds is 2. The zero-order valence-electron chi connectivity index (χ0n) is 8.12. The van der Waals surface area contributed by atoms with Crippen LogP contribution < -0.4 is 0 Å². The molecule has 14 heavy (non-hydrogen) atoms. The van der Waals surface area contributed by atoms with Gasteiger partial charge in [0, 0.05) is 6.61 Å². The van der Waals surface area contributed by atoms with Crippen molar-refractivity contribution >= 4 is 6.29 Å². The Morgan fingerprint density at radius 3 is 3.07 bits per heavy atom. The predicted molar refractivity (Wildman–Crippen MR) is 49.2 cm³/mol. The zero-order chi connectivity index (χ0) is 10.0. The number of aromatic nitrogens is 3. The van der Waals surface area contributed by atoms with Gasteiger partial charge in [0.2, 0.25) is 5.82 Å². The fraction of sp³-hybridized carbons (Fsp3) is 0.667. The van der Waals surface area contributed by atoms with Gasteiger partial charge in [0.15, 0.2) is 6.29 Å². The second-order valence-corrected chi connectivity index (χ2v) is 3.88. The number of nitrogens with one attached hydrogen (secondary N) is 1. The van der Waals surface area contributed by atoms with E-state index in [0.717, 1.165) is 25.3 Å². The SMILES string of the molecule is CC1(c2nc(C=O)n[nH]2)CCCOC1. The zero-order valence-corrected chi connectivity index (χ0v) is 8.12. The van der Waals surface area contributed by atoms with Crippen LogP contribution in [0.25, 0.3) is 0 Å². The van der Waals surface area contributed by atoms with Crippen LogP contribution in [-0.2, 0) is 10.2 Å². The van der Waals surface area contributed by atoms with Gasteiger partial charge >= 0.3 is 0 Å². The Hall–Kier alpha value is -1.23. The Labute approximate surface area is 81.9 Å². The lowest BCUT2D eigenvalue weighted by Gasteiger charge is -2.30. The standard InChI is InChI=1S/C9H13N3O2/c1-9(3-2-4-14-6-9)8-10-7(5-13)11-12-8/h5H,2-4,6H2,1H3,(H,10,11,12). The molecule has 2 rings (SSSR count). The fourth-order valence-corrected chi connectivity index (χ4v) is 1.72. The van der Waals surface area contributed by atoms with Gasteiger partial charge in [-0.3, -0.25) is 9.89 Å². The van der Waals surface area contributed by atoms with Gasteiger partial charge in [-0.1, -0.05) is 6.92 Å². The van der Waals surface area contributed by atoms with Gasteiger partial charge in [0.1, 0.15) is 5.82 Å². The molecule has 0 amide bonds. The van der Waals surface area contributed by atoms with E-state index in [4.69, 9.17) is 4.74 Å². The number of aldehydes is 1. The molecule has 0 bridgehead atoms. The van der Waals surface area contributed by atoms with Crippen LogP contribution in [0.4, 0.5) is 0 Å². The van der Waals surface area contributed by atoms with Gasteiger partial charge in [-0.25, -0.2) is 4.98 Å². The van der Waals surface area contributed by atoms with Gasteiger partial charge < -0.3 is 4.74 Å². The van der Waals surface area contributed by atoms with E-state index in [0.29, 0.717) is 12.9 Å². The first-order valence-electron chi connectivity index (χ1n) is 4.70. The van der Waals surface area contributed by atoms with E-state index in [9.17, 15) is 4.79 Å². The summed E-state index contributed by atoms with van der Waals surface area (Å²) in [6.45, 7) is 3.52. The topological polar surface area (TPSA) is 67.9 Å². The molecule has 2 heterocycles. The van der Waals surface area contributed by atoms with Crippen molar-refractivity contribution in [3.05, 3.63) is 11.6 Å². The molecule has 1 aromatic rings. The number of nitrogens with zero attached hydrogens (tertiary/aromatic N) is 2. The number of carbonyl (C=O) groups is 1. The molecule has 1 aliphatic rings. The van der Waals surface area contributed by atoms with Crippen LogP contribution in [0, 0.1) is 0 Å². The molecule has 1 fully saturated rings. The Morgan fingerprint density at radius 1 is 1.64 bits per heavy atom. The van der Waals surface area contributed by atoms with E-state index in [1.807, 2.05) is 0 Å². The van der Waals surface area contributed by atoms with Crippen LogP contribution in [0.3, 0.4) is 0 Å². The molecule has 0 spiro atoms. The molecule has 0 aliphatic carbocycles. The van der Waals surface area contributed by atoms with Gasteiger partial charge in [-0.2, -0.15) is 5.10 Å². The summed E-state index contributed by atoms with van der Waals surface area (Å²) in [6.07, 6.45) is 2.68. The molecule has 1 aliphatic heterocycles. The summed E-state index contributed by atoms with van der Waals surface area (Å²) in [4.78, 5) is 14.5. The predicted octanol–water partition coefficient (Wildman–Crippen LogP) is 0.685. The third-order valence-corrected chi connectivity index (χ3v) is 2.62. The fourth-order valence-electron chi connectivity index (χ4n) is 1.72. The molecular weight excluding hydrogens is 182 g/mol. The summed E-state index contributed by atoms with van der Waals surface area (Å²) in [7, 11) is 0. The van der Waals surface area contributed by atoms with E-state index in [2.05, 4.69) is 22.1 Å². The second kappa shape index (κ2) is 3.49. The molecular formula is C9H13N3O2. The number of H-pyrrole nitrogens is 1. The Bertz CT molecular complexity index is 329. The number of aromatic amines is 1. The third-order valence-electron chi connectivity index (χ3n) is 2.62. The minimum Gasteiger partial charge on any atom is -0.380 e. The van der Waals surface area contributed by atoms with Crippen LogP contribution in [0.1, 0.15) is 36.2 Å². The van der Waals surface area contributed by atoms with Gasteiger partial charge in [-0.15, -0.1) is 0 Å². The van der Waals surface area contributed by atoms with Crippen LogP contribution in [0.5, 0.6) is 0 Å². The van der Waals surface area contributed by atoms with Crippen LogP contribution in [0.15, 0.2) is 0 Å². The highest BCUT2D eigenvalue weighted by Gasteiger charge is 2.32. The summed E-state index contributed by atoms with van der Waals surface area (Å²) in [5, 5.41) is 6.59. The van der Waals surface area contributed by atoms with Crippen molar-refractivity contribution in [2.45, 2.75) is 25.2 Å². The van der Waals surface area contributed by atoms with Crippen LogP contribution in [0.2, 0.25) is 0 Å². The minimum absolute atomic E-state index is 0.119. The van der Waals surface area contributed by atoms with Gasteiger partial charge in [-0.05, 0) is 12.8 Å². The van der Waals surface area contributed by atoms with Gasteiger partial charge in [0.25, 0.3) is 0 Å². The Kier molecular flexibility index (Phi) is 2.33. The first-order chi connectivity index (χ1) is 6.74. The summed E-state index contributed by atoms with van der Waals surface area (Å²) >= 11 is 0. The quantitative estimate of drug-likeness (QED) is 0.705. The minimum atomic E-state index is -0.119. The normalized spacial score (nSPS) is 27.5. The molecule has 1 N–H and O–H groups in total. The lowest BCUT2D eigenvalue weighted by atomic mass is 9.84. The van der Waals surface area contributed by atoms with E-state index in [1.165, 1.54) is 0 Å². The van der Waals surface area contributed by atoms with E-state index < -0.39 is 0 Å². The highest BCUT2D eigenvalue weighted by Crippen LogP contribution is 2.29. The van der Waals surface area contributed by atoms with Crippen molar-refractivity contribution < 1.29 is 9.53 Å². The smallest absolute Gasteiger partial charge is 0.214 e. The van der Waals surface area contributed by atoms with Crippen molar-refractivity contribution in [2.75, 3.05) is 13.2 Å². The molecule has 1 aromatic heterocycles. The highest BCUT2D eigenvalue weighted by molar-refractivity contribution is 5.68. The molecule has 5 heteroatoms.